The van der Waals surface area contributed by atoms with Gasteiger partial charge in [-0.3, -0.25) is 9.63 Å². The fourth-order valence-corrected chi connectivity index (χ4v) is 4.13. The molecule has 4 rings (SSSR count). The number of hydrogen-bond acceptors (Lipinski definition) is 5. The summed E-state index contributed by atoms with van der Waals surface area (Å²) in [6, 6.07) is 18.4. The van der Waals surface area contributed by atoms with Crippen molar-refractivity contribution < 1.29 is 18.9 Å². The topological polar surface area (TPSA) is 65.0 Å². The lowest BCUT2D eigenvalue weighted by Gasteiger charge is -2.32. The fraction of sp³-hybridized carbons (Fsp3) is 0.367. The number of benzene rings is 2. The van der Waals surface area contributed by atoms with Crippen LogP contribution in [-0.2, 0) is 38.6 Å². The summed E-state index contributed by atoms with van der Waals surface area (Å²) in [6.07, 6.45) is 7.26. The molecule has 0 bridgehead atoms. The predicted molar refractivity (Wildman–Crippen MR) is 151 cm³/mol. The lowest BCUT2D eigenvalue weighted by atomic mass is 9.79. The van der Waals surface area contributed by atoms with E-state index in [1.165, 1.54) is 17.2 Å². The Morgan fingerprint density at radius 2 is 1.55 bits per heavy atom. The standard InChI is InChI=1S/C30H38BN3O4/c1-29(2)30(3,4)38-31(37-29)27-14-11-26(12-15-27)22-36-32-28(35)16-13-25-17-18-34(21-25)20-24-9-7-23(8-10-24)19-33(5)6/h7-18,21H,19-20,22H2,1-6H3,(H,32,35)/b16-13+. The highest BCUT2D eigenvalue weighted by Crippen LogP contribution is 2.36. The Morgan fingerprint density at radius 3 is 2.18 bits per heavy atom. The van der Waals surface area contributed by atoms with E-state index in [9.17, 15) is 4.79 Å². The van der Waals surface area contributed by atoms with E-state index in [0.29, 0.717) is 0 Å². The number of hydroxylamine groups is 1. The quantitative estimate of drug-likeness (QED) is 0.250. The van der Waals surface area contributed by atoms with Gasteiger partial charge in [-0.15, -0.1) is 0 Å². The van der Waals surface area contributed by atoms with Crippen molar-refractivity contribution in [2.24, 2.45) is 0 Å². The zero-order valence-corrected chi connectivity index (χ0v) is 23.2. The molecule has 3 aromatic rings. The van der Waals surface area contributed by atoms with Crippen molar-refractivity contribution in [2.45, 2.75) is 58.6 Å². The van der Waals surface area contributed by atoms with Crippen LogP contribution in [0.1, 0.15) is 49.9 Å². The van der Waals surface area contributed by atoms with Gasteiger partial charge in [0.15, 0.2) is 0 Å². The Balaban J connectivity index is 1.20. The maximum absolute atomic E-state index is 12.2. The zero-order chi connectivity index (χ0) is 27.3. The minimum atomic E-state index is -0.400. The molecule has 1 aromatic heterocycles. The summed E-state index contributed by atoms with van der Waals surface area (Å²) in [6.45, 7) is 10.1. The van der Waals surface area contributed by atoms with E-state index in [0.717, 1.165) is 29.7 Å². The van der Waals surface area contributed by atoms with Gasteiger partial charge in [0.05, 0.1) is 17.8 Å². The summed E-state index contributed by atoms with van der Waals surface area (Å²) in [5.74, 6) is -0.317. The van der Waals surface area contributed by atoms with E-state index in [-0.39, 0.29) is 23.7 Å². The smallest absolute Gasteiger partial charge is 0.399 e. The second kappa shape index (κ2) is 11.7. The van der Waals surface area contributed by atoms with Crippen molar-refractivity contribution in [3.05, 3.63) is 95.3 Å². The number of nitrogens with one attached hydrogen (secondary N) is 1. The second-order valence-corrected chi connectivity index (χ2v) is 11.1. The third kappa shape index (κ3) is 7.23. The molecule has 0 atom stereocenters. The van der Waals surface area contributed by atoms with Gasteiger partial charge in [0.1, 0.15) is 0 Å². The molecule has 1 saturated heterocycles. The Labute approximate surface area is 226 Å². The van der Waals surface area contributed by atoms with Gasteiger partial charge in [0.2, 0.25) is 0 Å². The molecule has 2 aromatic carbocycles. The van der Waals surface area contributed by atoms with Crippen LogP contribution in [0.5, 0.6) is 0 Å². The molecule has 7 nitrogen and oxygen atoms in total. The lowest BCUT2D eigenvalue weighted by molar-refractivity contribution is -0.129. The van der Waals surface area contributed by atoms with Crippen molar-refractivity contribution in [3.8, 4) is 0 Å². The normalized spacial score (nSPS) is 16.4. The first-order valence-electron chi connectivity index (χ1n) is 12.9. The Kier molecular flexibility index (Phi) is 8.58. The van der Waals surface area contributed by atoms with Gasteiger partial charge < -0.3 is 18.8 Å². The summed E-state index contributed by atoms with van der Waals surface area (Å²) < 4.78 is 14.3. The summed E-state index contributed by atoms with van der Waals surface area (Å²) in [4.78, 5) is 19.7. The Bertz CT molecular complexity index is 1230. The highest BCUT2D eigenvalue weighted by Gasteiger charge is 2.51. The molecule has 0 saturated carbocycles. The number of carbonyl (C=O) groups is 1. The molecule has 1 aliphatic rings. The zero-order valence-electron chi connectivity index (χ0n) is 23.2. The molecular weight excluding hydrogens is 477 g/mol. The third-order valence-corrected chi connectivity index (χ3v) is 7.00. The van der Waals surface area contributed by atoms with Gasteiger partial charge in [0.25, 0.3) is 5.91 Å². The number of amides is 1. The second-order valence-electron chi connectivity index (χ2n) is 11.1. The largest absolute Gasteiger partial charge is 0.494 e. The Hall–Kier alpha value is -3.17. The van der Waals surface area contributed by atoms with Crippen LogP contribution in [-0.4, -0.2) is 47.8 Å². The van der Waals surface area contributed by atoms with Crippen LogP contribution in [0.3, 0.4) is 0 Å². The minimum Gasteiger partial charge on any atom is -0.399 e. The van der Waals surface area contributed by atoms with Crippen LogP contribution >= 0.6 is 0 Å². The average Bonchev–Trinajstić information content (AvgIpc) is 3.39. The van der Waals surface area contributed by atoms with Gasteiger partial charge in [0, 0.05) is 31.6 Å². The molecule has 0 spiro atoms. The van der Waals surface area contributed by atoms with Crippen LogP contribution < -0.4 is 10.9 Å². The third-order valence-electron chi connectivity index (χ3n) is 7.00. The highest BCUT2D eigenvalue weighted by molar-refractivity contribution is 6.62. The molecule has 1 N–H and O–H groups in total. The predicted octanol–water partition coefficient (Wildman–Crippen LogP) is 4.16. The number of carbonyl (C=O) groups excluding carboxylic acids is 1. The monoisotopic (exact) mass is 515 g/mol. The molecule has 8 heteroatoms. The molecular formula is C30H38BN3O4. The van der Waals surface area contributed by atoms with Gasteiger partial charge in [-0.25, -0.2) is 5.48 Å². The number of nitrogens with zero attached hydrogens (tertiary/aromatic N) is 2. The fourth-order valence-electron chi connectivity index (χ4n) is 4.13. The highest BCUT2D eigenvalue weighted by atomic mass is 16.7. The summed E-state index contributed by atoms with van der Waals surface area (Å²) in [5, 5.41) is 0. The van der Waals surface area contributed by atoms with Gasteiger partial charge >= 0.3 is 7.12 Å². The maximum atomic E-state index is 12.2. The molecule has 2 heterocycles. The van der Waals surface area contributed by atoms with Crippen LogP contribution in [0.15, 0.2) is 73.1 Å². The van der Waals surface area contributed by atoms with Crippen LogP contribution in [0.25, 0.3) is 6.08 Å². The van der Waals surface area contributed by atoms with Crippen LogP contribution in [0.2, 0.25) is 0 Å². The van der Waals surface area contributed by atoms with E-state index in [2.05, 4.69) is 53.3 Å². The van der Waals surface area contributed by atoms with Gasteiger partial charge in [-0.1, -0.05) is 48.5 Å². The molecule has 38 heavy (non-hydrogen) atoms. The van der Waals surface area contributed by atoms with Crippen molar-refractivity contribution in [1.29, 1.82) is 0 Å². The van der Waals surface area contributed by atoms with Crippen molar-refractivity contribution in [1.82, 2.24) is 14.9 Å². The van der Waals surface area contributed by atoms with Gasteiger partial charge in [-0.05, 0) is 81.6 Å². The first-order chi connectivity index (χ1) is 18.0. The van der Waals surface area contributed by atoms with Crippen molar-refractivity contribution in [2.75, 3.05) is 14.1 Å². The number of rotatable bonds is 10. The van der Waals surface area contributed by atoms with E-state index in [1.807, 2.05) is 70.4 Å². The number of aromatic nitrogens is 1. The summed E-state index contributed by atoms with van der Waals surface area (Å²) >= 11 is 0. The first kappa shape index (κ1) is 27.9. The lowest BCUT2D eigenvalue weighted by Crippen LogP contribution is -2.41. The molecule has 0 unspecified atom stereocenters. The van der Waals surface area contributed by atoms with E-state index < -0.39 is 7.12 Å². The van der Waals surface area contributed by atoms with E-state index >= 15 is 0 Å². The summed E-state index contributed by atoms with van der Waals surface area (Å²) in [7, 11) is 3.73. The van der Waals surface area contributed by atoms with E-state index in [1.54, 1.807) is 6.08 Å². The SMILES string of the molecule is CN(C)Cc1ccc(Cn2ccc(/C=C/C(=O)NOCc3ccc(B4OC(C)(C)C(C)(C)O4)cc3)c2)cc1. The minimum absolute atomic E-state index is 0.257. The molecule has 1 aliphatic heterocycles. The van der Waals surface area contributed by atoms with Crippen LogP contribution in [0, 0.1) is 0 Å². The Morgan fingerprint density at radius 1 is 0.947 bits per heavy atom. The van der Waals surface area contributed by atoms with Gasteiger partial charge in [-0.2, -0.15) is 0 Å². The number of hydrogen-bond donors (Lipinski definition) is 1. The van der Waals surface area contributed by atoms with Crippen molar-refractivity contribution >= 4 is 24.6 Å². The summed E-state index contributed by atoms with van der Waals surface area (Å²) in [5.41, 5.74) is 7.07. The van der Waals surface area contributed by atoms with Crippen molar-refractivity contribution in [3.63, 3.8) is 0 Å². The molecule has 200 valence electrons. The molecule has 1 fully saturated rings. The molecule has 1 amide bonds. The maximum Gasteiger partial charge on any atom is 0.494 e. The molecule has 0 radical (unpaired) electrons. The average molecular weight is 515 g/mol. The van der Waals surface area contributed by atoms with E-state index in [4.69, 9.17) is 14.1 Å². The molecule has 0 aliphatic carbocycles. The van der Waals surface area contributed by atoms with Crippen LogP contribution in [0.4, 0.5) is 0 Å². The first-order valence-corrected chi connectivity index (χ1v) is 12.9.